The average Bonchev–Trinajstić information content (AvgIpc) is 3.05. The molecular formula is C15H24N2O. The summed E-state index contributed by atoms with van der Waals surface area (Å²) in [5.41, 5.74) is 0. The van der Waals surface area contributed by atoms with Gasteiger partial charge in [0.1, 0.15) is 6.54 Å². The lowest BCUT2D eigenvalue weighted by Gasteiger charge is -2.27. The molecule has 0 spiro atoms. The topological polar surface area (TPSA) is 44.1 Å². The SMILES string of the molecule is N#CCN(C(=O)CCC1CCCC1)C1CCCC1. The normalized spacial score (nSPS) is 21.1. The monoisotopic (exact) mass is 248 g/mol. The van der Waals surface area contributed by atoms with Crippen LogP contribution in [0.1, 0.15) is 64.2 Å². The quantitative estimate of drug-likeness (QED) is 0.701. The molecule has 0 aliphatic heterocycles. The van der Waals surface area contributed by atoms with E-state index in [-0.39, 0.29) is 12.5 Å². The zero-order chi connectivity index (χ0) is 12.8. The number of carbonyl (C=O) groups is 1. The van der Waals surface area contributed by atoms with E-state index in [0.29, 0.717) is 12.5 Å². The van der Waals surface area contributed by atoms with Crippen LogP contribution in [0.25, 0.3) is 0 Å². The van der Waals surface area contributed by atoms with Gasteiger partial charge >= 0.3 is 0 Å². The van der Waals surface area contributed by atoms with Gasteiger partial charge in [0, 0.05) is 12.5 Å². The van der Waals surface area contributed by atoms with Gasteiger partial charge < -0.3 is 4.90 Å². The lowest BCUT2D eigenvalue weighted by atomic mass is 10.0. The molecule has 0 atom stereocenters. The number of nitriles is 1. The highest BCUT2D eigenvalue weighted by atomic mass is 16.2. The first-order valence-corrected chi connectivity index (χ1v) is 7.47. The number of hydrogen-bond acceptors (Lipinski definition) is 2. The average molecular weight is 248 g/mol. The van der Waals surface area contributed by atoms with Gasteiger partial charge in [-0.15, -0.1) is 0 Å². The zero-order valence-corrected chi connectivity index (χ0v) is 11.2. The fourth-order valence-corrected chi connectivity index (χ4v) is 3.48. The van der Waals surface area contributed by atoms with Crippen molar-refractivity contribution < 1.29 is 4.79 Å². The summed E-state index contributed by atoms with van der Waals surface area (Å²) in [7, 11) is 0. The summed E-state index contributed by atoms with van der Waals surface area (Å²) in [6.45, 7) is 0.286. The van der Waals surface area contributed by atoms with Crippen LogP contribution in [-0.2, 0) is 4.79 Å². The molecular weight excluding hydrogens is 224 g/mol. The summed E-state index contributed by atoms with van der Waals surface area (Å²) in [5.74, 6) is 0.983. The van der Waals surface area contributed by atoms with Gasteiger partial charge in [-0.05, 0) is 25.2 Å². The van der Waals surface area contributed by atoms with E-state index in [4.69, 9.17) is 5.26 Å². The van der Waals surface area contributed by atoms with Crippen LogP contribution in [0.2, 0.25) is 0 Å². The molecule has 0 unspecified atom stereocenters. The van der Waals surface area contributed by atoms with Crippen LogP contribution in [0.4, 0.5) is 0 Å². The van der Waals surface area contributed by atoms with Crippen LogP contribution >= 0.6 is 0 Å². The minimum Gasteiger partial charge on any atom is -0.326 e. The van der Waals surface area contributed by atoms with Gasteiger partial charge in [-0.1, -0.05) is 38.5 Å². The van der Waals surface area contributed by atoms with E-state index in [1.165, 1.54) is 38.5 Å². The molecule has 0 saturated heterocycles. The van der Waals surface area contributed by atoms with Gasteiger partial charge in [0.2, 0.25) is 5.91 Å². The second-order valence-corrected chi connectivity index (χ2v) is 5.81. The van der Waals surface area contributed by atoms with Crippen molar-refractivity contribution in [3.05, 3.63) is 0 Å². The van der Waals surface area contributed by atoms with Crippen LogP contribution < -0.4 is 0 Å². The van der Waals surface area contributed by atoms with Crippen molar-refractivity contribution in [2.45, 2.75) is 70.3 Å². The number of hydrogen-bond donors (Lipinski definition) is 0. The van der Waals surface area contributed by atoms with Gasteiger partial charge in [0.15, 0.2) is 0 Å². The third kappa shape index (κ3) is 3.48. The molecule has 3 heteroatoms. The Morgan fingerprint density at radius 1 is 1.11 bits per heavy atom. The van der Waals surface area contributed by atoms with E-state index < -0.39 is 0 Å². The molecule has 2 fully saturated rings. The molecule has 0 radical (unpaired) electrons. The predicted octanol–water partition coefficient (Wildman–Crippen LogP) is 3.25. The van der Waals surface area contributed by atoms with Crippen LogP contribution in [0.5, 0.6) is 0 Å². The first-order chi connectivity index (χ1) is 8.81. The maximum absolute atomic E-state index is 12.3. The highest BCUT2D eigenvalue weighted by Crippen LogP contribution is 2.29. The molecule has 2 saturated carbocycles. The minimum absolute atomic E-state index is 0.218. The number of nitrogens with zero attached hydrogens (tertiary/aromatic N) is 2. The summed E-state index contributed by atoms with van der Waals surface area (Å²) in [5, 5.41) is 8.88. The van der Waals surface area contributed by atoms with E-state index in [2.05, 4.69) is 6.07 Å². The molecule has 2 aliphatic carbocycles. The molecule has 0 bridgehead atoms. The van der Waals surface area contributed by atoms with Crippen LogP contribution in [-0.4, -0.2) is 23.4 Å². The molecule has 0 aromatic heterocycles. The molecule has 2 aliphatic rings. The van der Waals surface area contributed by atoms with E-state index in [1.54, 1.807) is 0 Å². The maximum atomic E-state index is 12.3. The number of rotatable bonds is 5. The Morgan fingerprint density at radius 3 is 2.33 bits per heavy atom. The second-order valence-electron chi connectivity index (χ2n) is 5.81. The Balaban J connectivity index is 1.81. The summed E-state index contributed by atoms with van der Waals surface area (Å²) in [4.78, 5) is 14.1. The summed E-state index contributed by atoms with van der Waals surface area (Å²) in [6, 6.07) is 2.51. The molecule has 1 amide bonds. The first kappa shape index (κ1) is 13.4. The van der Waals surface area contributed by atoms with Gasteiger partial charge in [-0.2, -0.15) is 5.26 Å². The van der Waals surface area contributed by atoms with Crippen molar-refractivity contribution in [1.29, 1.82) is 5.26 Å². The molecule has 0 aromatic rings. The lowest BCUT2D eigenvalue weighted by molar-refractivity contribution is -0.133. The third-order valence-corrected chi connectivity index (χ3v) is 4.57. The van der Waals surface area contributed by atoms with Crippen LogP contribution in [0.3, 0.4) is 0 Å². The third-order valence-electron chi connectivity index (χ3n) is 4.57. The van der Waals surface area contributed by atoms with E-state index in [9.17, 15) is 4.79 Å². The van der Waals surface area contributed by atoms with Gasteiger partial charge in [-0.3, -0.25) is 4.79 Å². The molecule has 18 heavy (non-hydrogen) atoms. The molecule has 100 valence electrons. The molecule has 0 aromatic carbocycles. The van der Waals surface area contributed by atoms with Crippen molar-refractivity contribution in [2.75, 3.05) is 6.54 Å². The highest BCUT2D eigenvalue weighted by Gasteiger charge is 2.27. The largest absolute Gasteiger partial charge is 0.326 e. The van der Waals surface area contributed by atoms with Gasteiger partial charge in [0.25, 0.3) is 0 Å². The highest BCUT2D eigenvalue weighted by molar-refractivity contribution is 5.76. The summed E-state index contributed by atoms with van der Waals surface area (Å²) < 4.78 is 0. The smallest absolute Gasteiger partial charge is 0.223 e. The van der Waals surface area contributed by atoms with Crippen molar-refractivity contribution in [3.8, 4) is 6.07 Å². The van der Waals surface area contributed by atoms with Crippen LogP contribution in [0, 0.1) is 17.2 Å². The number of amides is 1. The first-order valence-electron chi connectivity index (χ1n) is 7.47. The van der Waals surface area contributed by atoms with Crippen molar-refractivity contribution in [3.63, 3.8) is 0 Å². The van der Waals surface area contributed by atoms with Gasteiger partial charge in [0.05, 0.1) is 6.07 Å². The maximum Gasteiger partial charge on any atom is 0.223 e. The van der Waals surface area contributed by atoms with E-state index >= 15 is 0 Å². The summed E-state index contributed by atoms with van der Waals surface area (Å²) >= 11 is 0. The molecule has 2 rings (SSSR count). The second kappa shape index (κ2) is 6.78. The van der Waals surface area contributed by atoms with Crippen molar-refractivity contribution in [2.24, 2.45) is 5.92 Å². The van der Waals surface area contributed by atoms with Crippen LogP contribution in [0.15, 0.2) is 0 Å². The molecule has 0 N–H and O–H groups in total. The Kier molecular flexibility index (Phi) is 5.04. The minimum atomic E-state index is 0.218. The molecule has 0 heterocycles. The lowest BCUT2D eigenvalue weighted by Crippen LogP contribution is -2.39. The van der Waals surface area contributed by atoms with E-state index in [0.717, 1.165) is 25.2 Å². The van der Waals surface area contributed by atoms with E-state index in [1.807, 2.05) is 4.90 Å². The predicted molar refractivity (Wildman–Crippen MR) is 70.8 cm³/mol. The molecule has 3 nitrogen and oxygen atoms in total. The Labute approximate surface area is 110 Å². The number of carbonyl (C=O) groups excluding carboxylic acids is 1. The Morgan fingerprint density at radius 2 is 1.72 bits per heavy atom. The zero-order valence-electron chi connectivity index (χ0n) is 11.2. The van der Waals surface area contributed by atoms with Crippen molar-refractivity contribution >= 4 is 5.91 Å². The fourth-order valence-electron chi connectivity index (χ4n) is 3.48. The standard InChI is InChI=1S/C15H24N2O/c16-11-12-17(14-7-3-4-8-14)15(18)10-9-13-5-1-2-6-13/h13-14H,1-10,12H2. The Hall–Kier alpha value is -1.04. The summed E-state index contributed by atoms with van der Waals surface area (Å²) in [6.07, 6.45) is 11.6. The van der Waals surface area contributed by atoms with Crippen molar-refractivity contribution in [1.82, 2.24) is 4.90 Å². The van der Waals surface area contributed by atoms with Gasteiger partial charge in [-0.25, -0.2) is 0 Å². The Bertz CT molecular complexity index is 309. The fraction of sp³-hybridized carbons (Fsp3) is 0.867.